The van der Waals surface area contributed by atoms with Crippen LogP contribution in [0.4, 0.5) is 0 Å². The molecule has 82 valence electrons. The Morgan fingerprint density at radius 1 is 1.56 bits per heavy atom. The lowest BCUT2D eigenvalue weighted by Gasteiger charge is -1.99. The molecule has 1 N–H and O–H groups in total. The molecule has 2 heterocycles. The SMILES string of the molecule is O=C(O)c1cc(Sc2ncccc2Br)cs1. The fourth-order valence-corrected chi connectivity index (χ4v) is 3.24. The van der Waals surface area contributed by atoms with Crippen molar-refractivity contribution in [3.05, 3.63) is 39.1 Å². The van der Waals surface area contributed by atoms with E-state index in [1.54, 1.807) is 12.3 Å². The third kappa shape index (κ3) is 2.63. The van der Waals surface area contributed by atoms with Gasteiger partial charge in [0.15, 0.2) is 0 Å². The Hall–Kier alpha value is -0.850. The Balaban J connectivity index is 2.21. The van der Waals surface area contributed by atoms with Crippen LogP contribution in [0.2, 0.25) is 0 Å². The molecule has 16 heavy (non-hydrogen) atoms. The summed E-state index contributed by atoms with van der Waals surface area (Å²) in [4.78, 5) is 16.1. The normalized spacial score (nSPS) is 10.3. The van der Waals surface area contributed by atoms with Gasteiger partial charge in [-0.15, -0.1) is 11.3 Å². The van der Waals surface area contributed by atoms with Crippen LogP contribution in [0.1, 0.15) is 9.67 Å². The predicted octanol–water partition coefficient (Wildman–Crippen LogP) is 3.76. The number of aromatic carboxylic acids is 1. The van der Waals surface area contributed by atoms with Crippen molar-refractivity contribution >= 4 is 45.0 Å². The molecule has 0 spiro atoms. The van der Waals surface area contributed by atoms with Crippen LogP contribution in [-0.2, 0) is 0 Å². The number of pyridine rings is 1. The first-order chi connectivity index (χ1) is 7.66. The average molecular weight is 316 g/mol. The van der Waals surface area contributed by atoms with Crippen molar-refractivity contribution < 1.29 is 9.90 Å². The Labute approximate surface area is 109 Å². The van der Waals surface area contributed by atoms with Crippen molar-refractivity contribution in [2.24, 2.45) is 0 Å². The van der Waals surface area contributed by atoms with Gasteiger partial charge in [0.05, 0.1) is 4.47 Å². The van der Waals surface area contributed by atoms with Crippen molar-refractivity contribution in [2.75, 3.05) is 0 Å². The Morgan fingerprint density at radius 2 is 2.38 bits per heavy atom. The minimum Gasteiger partial charge on any atom is -0.477 e. The van der Waals surface area contributed by atoms with Crippen molar-refractivity contribution in [2.45, 2.75) is 9.92 Å². The number of aromatic nitrogens is 1. The van der Waals surface area contributed by atoms with Crippen LogP contribution in [-0.4, -0.2) is 16.1 Å². The second-order valence-corrected chi connectivity index (χ2v) is 5.67. The summed E-state index contributed by atoms with van der Waals surface area (Å²) in [5, 5.41) is 11.4. The van der Waals surface area contributed by atoms with E-state index in [0.29, 0.717) is 4.88 Å². The first kappa shape index (κ1) is 11.6. The molecule has 0 aliphatic heterocycles. The highest BCUT2D eigenvalue weighted by atomic mass is 79.9. The second kappa shape index (κ2) is 4.99. The van der Waals surface area contributed by atoms with Gasteiger partial charge in [0, 0.05) is 16.5 Å². The van der Waals surface area contributed by atoms with Gasteiger partial charge in [-0.2, -0.15) is 0 Å². The zero-order valence-electron chi connectivity index (χ0n) is 7.88. The monoisotopic (exact) mass is 315 g/mol. The number of hydrogen-bond acceptors (Lipinski definition) is 4. The van der Waals surface area contributed by atoms with Crippen molar-refractivity contribution in [1.29, 1.82) is 0 Å². The molecule has 0 fully saturated rings. The van der Waals surface area contributed by atoms with E-state index in [2.05, 4.69) is 20.9 Å². The molecule has 0 aliphatic rings. The van der Waals surface area contributed by atoms with E-state index in [9.17, 15) is 4.79 Å². The van der Waals surface area contributed by atoms with E-state index in [0.717, 1.165) is 14.4 Å². The topological polar surface area (TPSA) is 50.2 Å². The highest BCUT2D eigenvalue weighted by Crippen LogP contribution is 2.33. The van der Waals surface area contributed by atoms with Gasteiger partial charge in [-0.1, -0.05) is 11.8 Å². The fraction of sp³-hybridized carbons (Fsp3) is 0. The lowest BCUT2D eigenvalue weighted by Crippen LogP contribution is -1.89. The van der Waals surface area contributed by atoms with Gasteiger partial charge in [0.2, 0.25) is 0 Å². The molecule has 0 saturated heterocycles. The third-order valence-electron chi connectivity index (χ3n) is 1.73. The molecule has 0 aliphatic carbocycles. The van der Waals surface area contributed by atoms with E-state index in [1.165, 1.54) is 23.1 Å². The summed E-state index contributed by atoms with van der Waals surface area (Å²) in [6.07, 6.45) is 1.71. The average Bonchev–Trinajstić information content (AvgIpc) is 2.70. The number of thiophene rings is 1. The highest BCUT2D eigenvalue weighted by molar-refractivity contribution is 9.10. The molecule has 0 unspecified atom stereocenters. The summed E-state index contributed by atoms with van der Waals surface area (Å²) in [5.41, 5.74) is 0. The van der Waals surface area contributed by atoms with Crippen LogP contribution in [0.3, 0.4) is 0 Å². The molecule has 0 amide bonds. The van der Waals surface area contributed by atoms with E-state index < -0.39 is 5.97 Å². The quantitative estimate of drug-likeness (QED) is 0.937. The van der Waals surface area contributed by atoms with E-state index in [1.807, 2.05) is 17.5 Å². The Morgan fingerprint density at radius 3 is 3.00 bits per heavy atom. The van der Waals surface area contributed by atoms with E-state index >= 15 is 0 Å². The molecule has 3 nitrogen and oxygen atoms in total. The number of nitrogens with zero attached hydrogens (tertiary/aromatic N) is 1. The summed E-state index contributed by atoms with van der Waals surface area (Å²) in [6, 6.07) is 5.39. The molecule has 0 saturated carbocycles. The summed E-state index contributed by atoms with van der Waals surface area (Å²) in [5.74, 6) is -0.892. The maximum Gasteiger partial charge on any atom is 0.345 e. The molecule has 2 aromatic rings. The third-order valence-corrected chi connectivity index (χ3v) is 4.69. The Kier molecular flexibility index (Phi) is 3.63. The number of carboxylic acids is 1. The molecule has 0 radical (unpaired) electrons. The number of carboxylic acid groups (broad SMARTS) is 1. The standard InChI is InChI=1S/C10H6BrNO2S2/c11-7-2-1-3-12-9(7)16-6-4-8(10(13)14)15-5-6/h1-5H,(H,13,14). The van der Waals surface area contributed by atoms with Crippen LogP contribution in [0.25, 0.3) is 0 Å². The summed E-state index contributed by atoms with van der Waals surface area (Å²) in [6.45, 7) is 0. The minimum absolute atomic E-state index is 0.342. The zero-order chi connectivity index (χ0) is 11.5. The Bertz CT molecular complexity index is 527. The van der Waals surface area contributed by atoms with E-state index in [-0.39, 0.29) is 0 Å². The highest BCUT2D eigenvalue weighted by Gasteiger charge is 2.09. The van der Waals surface area contributed by atoms with Gasteiger partial charge >= 0.3 is 5.97 Å². The van der Waals surface area contributed by atoms with Gasteiger partial charge in [-0.05, 0) is 34.1 Å². The van der Waals surface area contributed by atoms with Crippen LogP contribution >= 0.6 is 39.0 Å². The van der Waals surface area contributed by atoms with E-state index in [4.69, 9.17) is 5.11 Å². The van der Waals surface area contributed by atoms with Gasteiger partial charge in [-0.3, -0.25) is 0 Å². The molecule has 6 heteroatoms. The summed E-state index contributed by atoms with van der Waals surface area (Å²) < 4.78 is 0.906. The van der Waals surface area contributed by atoms with Crippen LogP contribution in [0.5, 0.6) is 0 Å². The van der Waals surface area contributed by atoms with Gasteiger partial charge in [0.25, 0.3) is 0 Å². The number of rotatable bonds is 3. The van der Waals surface area contributed by atoms with Crippen molar-refractivity contribution in [3.8, 4) is 0 Å². The first-order valence-corrected chi connectivity index (χ1v) is 6.76. The van der Waals surface area contributed by atoms with Crippen LogP contribution < -0.4 is 0 Å². The predicted molar refractivity (Wildman–Crippen MR) is 67.3 cm³/mol. The van der Waals surface area contributed by atoms with Crippen LogP contribution in [0.15, 0.2) is 44.2 Å². The molecule has 2 aromatic heterocycles. The van der Waals surface area contributed by atoms with Gasteiger partial charge in [-0.25, -0.2) is 9.78 Å². The molecular formula is C10H6BrNO2S2. The minimum atomic E-state index is -0.892. The maximum atomic E-state index is 10.7. The smallest absolute Gasteiger partial charge is 0.345 e. The molecule has 0 bridgehead atoms. The molecule has 2 rings (SSSR count). The maximum absolute atomic E-state index is 10.7. The molecular weight excluding hydrogens is 310 g/mol. The summed E-state index contributed by atoms with van der Waals surface area (Å²) >= 11 is 6.05. The second-order valence-electron chi connectivity index (χ2n) is 2.84. The van der Waals surface area contributed by atoms with Gasteiger partial charge < -0.3 is 5.11 Å². The number of halogens is 1. The molecule has 0 atom stereocenters. The molecule has 0 aromatic carbocycles. The lowest BCUT2D eigenvalue weighted by molar-refractivity contribution is 0.0702. The fourth-order valence-electron chi connectivity index (χ4n) is 1.04. The van der Waals surface area contributed by atoms with Crippen molar-refractivity contribution in [1.82, 2.24) is 4.98 Å². The van der Waals surface area contributed by atoms with Gasteiger partial charge in [0.1, 0.15) is 9.90 Å². The number of hydrogen-bond donors (Lipinski definition) is 1. The first-order valence-electron chi connectivity index (χ1n) is 4.27. The zero-order valence-corrected chi connectivity index (χ0v) is 11.1. The number of carbonyl (C=O) groups is 1. The summed E-state index contributed by atoms with van der Waals surface area (Å²) in [7, 11) is 0. The van der Waals surface area contributed by atoms with Crippen LogP contribution in [0, 0.1) is 0 Å². The lowest BCUT2D eigenvalue weighted by atomic mass is 10.5. The van der Waals surface area contributed by atoms with Crippen molar-refractivity contribution in [3.63, 3.8) is 0 Å². The largest absolute Gasteiger partial charge is 0.477 e.